The molecule has 0 saturated carbocycles. The van der Waals surface area contributed by atoms with Crippen LogP contribution in [0.2, 0.25) is 0 Å². The van der Waals surface area contributed by atoms with Gasteiger partial charge in [0.15, 0.2) is 5.13 Å². The lowest BCUT2D eigenvalue weighted by atomic mass is 10.3. The molecule has 0 radical (unpaired) electrons. The first kappa shape index (κ1) is 12.4. The van der Waals surface area contributed by atoms with Gasteiger partial charge in [0.2, 0.25) is 0 Å². The lowest BCUT2D eigenvalue weighted by molar-refractivity contribution is 0.631. The first-order chi connectivity index (χ1) is 9.11. The fourth-order valence-corrected chi connectivity index (χ4v) is 2.99. The molecule has 0 aliphatic heterocycles. The van der Waals surface area contributed by atoms with Gasteiger partial charge in [-0.2, -0.15) is 0 Å². The fraction of sp³-hybridized carbons (Fsp3) is 0. The molecule has 0 saturated heterocycles. The topological polar surface area (TPSA) is 50.9 Å². The Morgan fingerprint density at radius 3 is 2.89 bits per heavy atom. The van der Waals surface area contributed by atoms with Crippen LogP contribution < -0.4 is 11.1 Å². The van der Waals surface area contributed by atoms with Gasteiger partial charge in [-0.05, 0) is 36.4 Å². The second-order valence-corrected chi connectivity index (χ2v) is 5.94. The molecule has 1 aromatic heterocycles. The van der Waals surface area contributed by atoms with E-state index in [1.165, 1.54) is 17.4 Å². The van der Waals surface area contributed by atoms with Gasteiger partial charge < -0.3 is 11.1 Å². The SMILES string of the molecule is Nc1ccc2nc(Nc3cc(Br)ccc3F)sc2c1. The number of nitrogens with two attached hydrogens (primary N) is 1. The highest BCUT2D eigenvalue weighted by Crippen LogP contribution is 2.31. The van der Waals surface area contributed by atoms with Crippen LogP contribution in [0.4, 0.5) is 20.9 Å². The van der Waals surface area contributed by atoms with Crippen molar-refractivity contribution in [2.45, 2.75) is 0 Å². The Bertz CT molecular complexity index is 757. The van der Waals surface area contributed by atoms with E-state index in [1.807, 2.05) is 12.1 Å². The Labute approximate surface area is 121 Å². The zero-order valence-electron chi connectivity index (χ0n) is 9.65. The van der Waals surface area contributed by atoms with Crippen LogP contribution in [-0.4, -0.2) is 4.98 Å². The van der Waals surface area contributed by atoms with E-state index in [2.05, 4.69) is 26.2 Å². The van der Waals surface area contributed by atoms with Gasteiger partial charge in [-0.15, -0.1) is 0 Å². The maximum atomic E-state index is 13.6. The maximum absolute atomic E-state index is 13.6. The number of nitrogen functional groups attached to an aromatic ring is 1. The number of hydrogen-bond donors (Lipinski definition) is 2. The van der Waals surface area contributed by atoms with E-state index >= 15 is 0 Å². The molecule has 0 amide bonds. The molecule has 1 heterocycles. The molecular formula is C13H9BrFN3S. The Morgan fingerprint density at radius 2 is 2.05 bits per heavy atom. The quantitative estimate of drug-likeness (QED) is 0.675. The van der Waals surface area contributed by atoms with Crippen molar-refractivity contribution in [3.05, 3.63) is 46.7 Å². The van der Waals surface area contributed by atoms with Crippen LogP contribution in [0.1, 0.15) is 0 Å². The van der Waals surface area contributed by atoms with Crippen molar-refractivity contribution in [1.29, 1.82) is 0 Å². The molecule has 3 N–H and O–H groups in total. The van der Waals surface area contributed by atoms with Crippen molar-refractivity contribution in [3.8, 4) is 0 Å². The van der Waals surface area contributed by atoms with Crippen LogP contribution in [0.5, 0.6) is 0 Å². The zero-order chi connectivity index (χ0) is 13.4. The van der Waals surface area contributed by atoms with Gasteiger partial charge in [0.25, 0.3) is 0 Å². The fourth-order valence-electron chi connectivity index (χ4n) is 1.70. The Balaban J connectivity index is 1.98. The van der Waals surface area contributed by atoms with E-state index < -0.39 is 0 Å². The van der Waals surface area contributed by atoms with Crippen molar-refractivity contribution in [2.75, 3.05) is 11.1 Å². The summed E-state index contributed by atoms with van der Waals surface area (Å²) in [7, 11) is 0. The molecule has 3 aromatic rings. The van der Waals surface area contributed by atoms with Crippen molar-refractivity contribution in [3.63, 3.8) is 0 Å². The molecule has 0 fully saturated rings. The molecular weight excluding hydrogens is 329 g/mol. The summed E-state index contributed by atoms with van der Waals surface area (Å²) >= 11 is 4.75. The zero-order valence-corrected chi connectivity index (χ0v) is 12.1. The molecule has 3 nitrogen and oxygen atoms in total. The summed E-state index contributed by atoms with van der Waals surface area (Å²) in [5, 5.41) is 3.62. The van der Waals surface area contributed by atoms with Crippen LogP contribution in [-0.2, 0) is 0 Å². The number of thiazole rings is 1. The Morgan fingerprint density at radius 1 is 1.21 bits per heavy atom. The van der Waals surface area contributed by atoms with E-state index in [9.17, 15) is 4.39 Å². The van der Waals surface area contributed by atoms with Gasteiger partial charge in [0, 0.05) is 10.2 Å². The van der Waals surface area contributed by atoms with E-state index in [0.717, 1.165) is 14.7 Å². The summed E-state index contributed by atoms with van der Waals surface area (Å²) in [6, 6.07) is 10.2. The minimum atomic E-state index is -0.318. The highest BCUT2D eigenvalue weighted by Gasteiger charge is 2.07. The number of rotatable bonds is 2. The van der Waals surface area contributed by atoms with Crippen molar-refractivity contribution in [2.24, 2.45) is 0 Å². The van der Waals surface area contributed by atoms with Crippen LogP contribution in [0.15, 0.2) is 40.9 Å². The highest BCUT2D eigenvalue weighted by molar-refractivity contribution is 9.10. The Kier molecular flexibility index (Phi) is 3.12. The van der Waals surface area contributed by atoms with Crippen LogP contribution >= 0.6 is 27.3 Å². The minimum absolute atomic E-state index is 0.318. The number of aromatic nitrogens is 1. The molecule has 0 atom stereocenters. The van der Waals surface area contributed by atoms with Gasteiger partial charge in [0.1, 0.15) is 5.82 Å². The average molecular weight is 338 g/mol. The van der Waals surface area contributed by atoms with Gasteiger partial charge in [-0.25, -0.2) is 9.37 Å². The number of hydrogen-bond acceptors (Lipinski definition) is 4. The monoisotopic (exact) mass is 337 g/mol. The summed E-state index contributed by atoms with van der Waals surface area (Å²) < 4.78 is 15.4. The molecule has 0 bridgehead atoms. The molecule has 2 aromatic carbocycles. The third-order valence-corrected chi connectivity index (χ3v) is 4.01. The smallest absolute Gasteiger partial charge is 0.188 e. The van der Waals surface area contributed by atoms with Gasteiger partial charge >= 0.3 is 0 Å². The molecule has 0 aliphatic carbocycles. The first-order valence-corrected chi connectivity index (χ1v) is 7.11. The van der Waals surface area contributed by atoms with Gasteiger partial charge in [-0.1, -0.05) is 27.3 Å². The van der Waals surface area contributed by atoms with E-state index in [0.29, 0.717) is 16.5 Å². The van der Waals surface area contributed by atoms with Crippen molar-refractivity contribution in [1.82, 2.24) is 4.98 Å². The summed E-state index contributed by atoms with van der Waals surface area (Å²) in [5.74, 6) is -0.318. The molecule has 0 unspecified atom stereocenters. The van der Waals surface area contributed by atoms with Crippen LogP contribution in [0, 0.1) is 5.82 Å². The number of nitrogens with one attached hydrogen (secondary N) is 1. The predicted octanol–water partition coefficient (Wildman–Crippen LogP) is 4.52. The summed E-state index contributed by atoms with van der Waals surface area (Å²) in [6.07, 6.45) is 0. The normalized spacial score (nSPS) is 10.8. The summed E-state index contributed by atoms with van der Waals surface area (Å²) in [4.78, 5) is 4.39. The largest absolute Gasteiger partial charge is 0.399 e. The third kappa shape index (κ3) is 2.54. The average Bonchev–Trinajstić information content (AvgIpc) is 2.75. The Hall–Kier alpha value is -1.66. The van der Waals surface area contributed by atoms with Crippen LogP contribution in [0.25, 0.3) is 10.2 Å². The molecule has 0 aliphatic rings. The lowest BCUT2D eigenvalue weighted by Crippen LogP contribution is -1.92. The third-order valence-electron chi connectivity index (χ3n) is 2.58. The van der Waals surface area contributed by atoms with E-state index in [1.54, 1.807) is 18.2 Å². The molecule has 96 valence electrons. The number of benzene rings is 2. The summed E-state index contributed by atoms with van der Waals surface area (Å²) in [6.45, 7) is 0. The second-order valence-electron chi connectivity index (χ2n) is 4.00. The maximum Gasteiger partial charge on any atom is 0.188 e. The van der Waals surface area contributed by atoms with Crippen LogP contribution in [0.3, 0.4) is 0 Å². The molecule has 3 rings (SSSR count). The number of nitrogens with zero attached hydrogens (tertiary/aromatic N) is 1. The molecule has 6 heteroatoms. The van der Waals surface area contributed by atoms with E-state index in [4.69, 9.17) is 5.73 Å². The van der Waals surface area contributed by atoms with Gasteiger partial charge in [0.05, 0.1) is 15.9 Å². The second kappa shape index (κ2) is 4.79. The van der Waals surface area contributed by atoms with E-state index in [-0.39, 0.29) is 5.82 Å². The predicted molar refractivity (Wildman–Crippen MR) is 81.4 cm³/mol. The number of anilines is 3. The number of fused-ring (bicyclic) bond motifs is 1. The van der Waals surface area contributed by atoms with Crippen molar-refractivity contribution >= 4 is 54.0 Å². The molecule has 0 spiro atoms. The highest BCUT2D eigenvalue weighted by atomic mass is 79.9. The lowest BCUT2D eigenvalue weighted by Gasteiger charge is -2.04. The first-order valence-electron chi connectivity index (χ1n) is 5.50. The minimum Gasteiger partial charge on any atom is -0.399 e. The molecule has 19 heavy (non-hydrogen) atoms. The standard InChI is InChI=1S/C13H9BrFN3S/c14-7-1-3-9(15)11(5-7)18-13-17-10-4-2-8(16)6-12(10)19-13/h1-6H,16H2,(H,17,18). The van der Waals surface area contributed by atoms with Gasteiger partial charge in [-0.3, -0.25) is 0 Å². The number of halogens is 2. The summed E-state index contributed by atoms with van der Waals surface area (Å²) in [5.41, 5.74) is 7.65. The van der Waals surface area contributed by atoms with Crippen molar-refractivity contribution < 1.29 is 4.39 Å².